The molecule has 0 amide bonds. The minimum absolute atomic E-state index is 0.260. The zero-order valence-electron chi connectivity index (χ0n) is 19.1. The molecule has 0 fully saturated rings. The maximum absolute atomic E-state index is 12.8. The molecule has 0 unspecified atom stereocenters. The molecule has 0 aliphatic heterocycles. The fraction of sp³-hybridized carbons (Fsp3) is 0.261. The van der Waals surface area contributed by atoms with Crippen LogP contribution in [0.15, 0.2) is 48.0 Å². The zero-order chi connectivity index (χ0) is 24.4. The fourth-order valence-electron chi connectivity index (χ4n) is 2.87. The molecule has 0 radical (unpaired) electrons. The van der Waals surface area contributed by atoms with Crippen molar-refractivity contribution in [1.82, 2.24) is 0 Å². The number of sulfone groups is 1. The van der Waals surface area contributed by atoms with Gasteiger partial charge in [-0.2, -0.15) is 0 Å². The number of rotatable bonds is 11. The summed E-state index contributed by atoms with van der Waals surface area (Å²) in [5, 5.41) is 4.00. The molecule has 2 aromatic carbocycles. The van der Waals surface area contributed by atoms with E-state index in [9.17, 15) is 13.2 Å². The number of esters is 1. The minimum Gasteiger partial charge on any atom is -0.496 e. The SMILES string of the molecule is COC(=O)/C=C\Nc1cc(CS(=O)(=O)/C=C/c2c(OC)cc(OC)cc2OC)ccc1OC. The second-order valence-corrected chi connectivity index (χ2v) is 8.48. The van der Waals surface area contributed by atoms with E-state index in [4.69, 9.17) is 18.9 Å². The van der Waals surface area contributed by atoms with Crippen molar-refractivity contribution in [3.8, 4) is 23.0 Å². The molecule has 0 bridgehead atoms. The molecule has 1 N–H and O–H groups in total. The first-order chi connectivity index (χ1) is 15.8. The summed E-state index contributed by atoms with van der Waals surface area (Å²) in [5.74, 6) is 1.02. The Hall–Kier alpha value is -3.66. The highest BCUT2D eigenvalue weighted by molar-refractivity contribution is 7.93. The molecule has 0 spiro atoms. The number of carbonyl (C=O) groups is 1. The Morgan fingerprint density at radius 3 is 2.09 bits per heavy atom. The molecular weight excluding hydrogens is 450 g/mol. The van der Waals surface area contributed by atoms with E-state index in [1.54, 1.807) is 30.3 Å². The third-order valence-electron chi connectivity index (χ3n) is 4.49. The number of nitrogens with one attached hydrogen (secondary N) is 1. The lowest BCUT2D eigenvalue weighted by Gasteiger charge is -2.12. The van der Waals surface area contributed by atoms with Gasteiger partial charge >= 0.3 is 5.97 Å². The number of hydrogen-bond donors (Lipinski definition) is 1. The largest absolute Gasteiger partial charge is 0.496 e. The Kier molecular flexibility index (Phi) is 9.17. The van der Waals surface area contributed by atoms with Crippen molar-refractivity contribution in [2.75, 3.05) is 40.9 Å². The van der Waals surface area contributed by atoms with Crippen LogP contribution in [0, 0.1) is 0 Å². The lowest BCUT2D eigenvalue weighted by Crippen LogP contribution is -2.02. The van der Waals surface area contributed by atoms with Gasteiger partial charge in [0.15, 0.2) is 9.84 Å². The van der Waals surface area contributed by atoms with Crippen LogP contribution in [0.5, 0.6) is 23.0 Å². The average molecular weight is 478 g/mol. The van der Waals surface area contributed by atoms with Crippen molar-refractivity contribution in [2.45, 2.75) is 5.75 Å². The number of benzene rings is 2. The summed E-state index contributed by atoms with van der Waals surface area (Å²) in [7, 11) is 3.55. The predicted octanol–water partition coefficient (Wildman–Crippen LogP) is 3.41. The van der Waals surface area contributed by atoms with Crippen molar-refractivity contribution < 1.29 is 36.9 Å². The molecule has 9 nitrogen and oxygen atoms in total. The second kappa shape index (κ2) is 11.8. The molecule has 0 saturated heterocycles. The van der Waals surface area contributed by atoms with Crippen LogP contribution < -0.4 is 24.3 Å². The molecule has 10 heteroatoms. The predicted molar refractivity (Wildman–Crippen MR) is 126 cm³/mol. The Morgan fingerprint density at radius 2 is 1.55 bits per heavy atom. The van der Waals surface area contributed by atoms with Gasteiger partial charge in [0.05, 0.1) is 52.6 Å². The van der Waals surface area contributed by atoms with Gasteiger partial charge in [0, 0.05) is 29.8 Å². The standard InChI is InChI=1S/C23H27NO8S/c1-28-17-13-21(30-3)18(22(14-17)31-4)9-11-33(26,27)15-16-6-7-20(29-2)19(12-16)24-10-8-23(25)32-5/h6-14,24H,15H2,1-5H3/b10-8-,11-9+. The Labute approximate surface area is 193 Å². The van der Waals surface area contributed by atoms with E-state index in [1.807, 2.05) is 0 Å². The number of ether oxygens (including phenoxy) is 5. The van der Waals surface area contributed by atoms with Crippen LogP contribution in [0.4, 0.5) is 5.69 Å². The smallest absolute Gasteiger partial charge is 0.331 e. The average Bonchev–Trinajstić information content (AvgIpc) is 2.81. The molecule has 0 heterocycles. The van der Waals surface area contributed by atoms with Gasteiger partial charge < -0.3 is 29.0 Å². The molecule has 0 saturated carbocycles. The highest BCUT2D eigenvalue weighted by atomic mass is 32.2. The van der Waals surface area contributed by atoms with E-state index in [0.29, 0.717) is 39.8 Å². The van der Waals surface area contributed by atoms with E-state index in [1.165, 1.54) is 53.9 Å². The summed E-state index contributed by atoms with van der Waals surface area (Å²) >= 11 is 0. The number of hydrogen-bond acceptors (Lipinski definition) is 9. The molecule has 2 aromatic rings. The first-order valence-electron chi connectivity index (χ1n) is 9.65. The van der Waals surface area contributed by atoms with E-state index < -0.39 is 15.8 Å². The van der Waals surface area contributed by atoms with Crippen LogP contribution in [0.25, 0.3) is 6.08 Å². The van der Waals surface area contributed by atoms with Crippen LogP contribution in [-0.4, -0.2) is 49.9 Å². The normalized spacial score (nSPS) is 11.4. The molecule has 178 valence electrons. The zero-order valence-corrected chi connectivity index (χ0v) is 19.9. The molecule has 0 atom stereocenters. The lowest BCUT2D eigenvalue weighted by molar-refractivity contribution is -0.134. The summed E-state index contributed by atoms with van der Waals surface area (Å²) in [6.45, 7) is 0. The summed E-state index contributed by atoms with van der Waals surface area (Å²) in [5.41, 5.74) is 1.48. The van der Waals surface area contributed by atoms with Crippen LogP contribution in [0.2, 0.25) is 0 Å². The molecular formula is C23H27NO8S. The van der Waals surface area contributed by atoms with Crippen molar-refractivity contribution in [3.05, 3.63) is 59.1 Å². The van der Waals surface area contributed by atoms with Gasteiger partial charge in [-0.25, -0.2) is 13.2 Å². The molecule has 0 aromatic heterocycles. The first-order valence-corrected chi connectivity index (χ1v) is 11.4. The van der Waals surface area contributed by atoms with Crippen LogP contribution >= 0.6 is 0 Å². The highest BCUT2D eigenvalue weighted by Gasteiger charge is 2.14. The highest BCUT2D eigenvalue weighted by Crippen LogP contribution is 2.35. The van der Waals surface area contributed by atoms with Gasteiger partial charge in [0.1, 0.15) is 23.0 Å². The van der Waals surface area contributed by atoms with Gasteiger partial charge in [-0.3, -0.25) is 0 Å². The third kappa shape index (κ3) is 7.18. The maximum Gasteiger partial charge on any atom is 0.331 e. The molecule has 33 heavy (non-hydrogen) atoms. The summed E-state index contributed by atoms with van der Waals surface area (Å²) in [6.07, 6.45) is 4.00. The van der Waals surface area contributed by atoms with Gasteiger partial charge in [-0.1, -0.05) is 6.07 Å². The fourth-order valence-corrected chi connectivity index (χ4v) is 3.96. The summed E-state index contributed by atoms with van der Waals surface area (Å²) < 4.78 is 51.3. The van der Waals surface area contributed by atoms with E-state index in [-0.39, 0.29) is 5.75 Å². The molecule has 0 aliphatic carbocycles. The monoisotopic (exact) mass is 477 g/mol. The third-order valence-corrected chi connectivity index (χ3v) is 5.77. The molecule has 0 aliphatic rings. The topological polar surface area (TPSA) is 109 Å². The van der Waals surface area contributed by atoms with E-state index in [0.717, 1.165) is 5.41 Å². The molecule has 2 rings (SSSR count). The van der Waals surface area contributed by atoms with Crippen LogP contribution in [0.1, 0.15) is 11.1 Å². The van der Waals surface area contributed by atoms with Crippen molar-refractivity contribution in [2.24, 2.45) is 0 Å². The number of methoxy groups -OCH3 is 5. The summed E-state index contributed by atoms with van der Waals surface area (Å²) in [6, 6.07) is 8.18. The van der Waals surface area contributed by atoms with Crippen molar-refractivity contribution >= 4 is 27.6 Å². The van der Waals surface area contributed by atoms with Gasteiger partial charge in [0.2, 0.25) is 0 Å². The van der Waals surface area contributed by atoms with Crippen molar-refractivity contribution in [1.29, 1.82) is 0 Å². The van der Waals surface area contributed by atoms with Gasteiger partial charge in [-0.15, -0.1) is 0 Å². The van der Waals surface area contributed by atoms with Gasteiger partial charge in [0.25, 0.3) is 0 Å². The van der Waals surface area contributed by atoms with Gasteiger partial charge in [-0.05, 0) is 23.8 Å². The maximum atomic E-state index is 12.8. The summed E-state index contributed by atoms with van der Waals surface area (Å²) in [4.78, 5) is 11.2. The number of anilines is 1. The van der Waals surface area contributed by atoms with E-state index >= 15 is 0 Å². The first kappa shape index (κ1) is 25.6. The van der Waals surface area contributed by atoms with Crippen LogP contribution in [0.3, 0.4) is 0 Å². The number of carbonyl (C=O) groups excluding carboxylic acids is 1. The van der Waals surface area contributed by atoms with Crippen molar-refractivity contribution in [3.63, 3.8) is 0 Å². The lowest BCUT2D eigenvalue weighted by atomic mass is 10.1. The quantitative estimate of drug-likeness (QED) is 0.385. The Balaban J connectivity index is 2.29. The minimum atomic E-state index is -3.66. The second-order valence-electron chi connectivity index (χ2n) is 6.59. The Morgan fingerprint density at radius 1 is 0.909 bits per heavy atom. The van der Waals surface area contributed by atoms with Crippen LogP contribution in [-0.2, 0) is 25.1 Å². The Bertz CT molecular complexity index is 1110. The van der Waals surface area contributed by atoms with E-state index in [2.05, 4.69) is 10.1 Å².